The molecule has 2 amide bonds. The molecule has 0 aliphatic carbocycles. The van der Waals surface area contributed by atoms with Crippen molar-refractivity contribution in [2.24, 2.45) is 0 Å². The van der Waals surface area contributed by atoms with E-state index in [1.807, 2.05) is 41.5 Å². The Morgan fingerprint density at radius 3 is 0.889 bits per heavy atom. The zero-order valence-electron chi connectivity index (χ0n) is 13.5. The highest BCUT2D eigenvalue weighted by Crippen LogP contribution is 2.01. The molecule has 1 aliphatic heterocycles. The summed E-state index contributed by atoms with van der Waals surface area (Å²) in [6.45, 7) is 17.8. The van der Waals surface area contributed by atoms with Crippen molar-refractivity contribution < 1.29 is 9.59 Å². The van der Waals surface area contributed by atoms with Crippen molar-refractivity contribution in [2.75, 3.05) is 26.2 Å². The molecule has 1 rings (SSSR count). The number of hydrogen-bond acceptors (Lipinski definition) is 2. The van der Waals surface area contributed by atoms with Crippen LogP contribution in [0.4, 0.5) is 0 Å². The Morgan fingerprint density at radius 2 is 0.778 bits per heavy atom. The molecule has 1 aliphatic rings. The largest absolute Gasteiger partial charge is 0.339 e. The Hall–Kier alpha value is -1.06. The molecule has 18 heavy (non-hydrogen) atoms. The van der Waals surface area contributed by atoms with Crippen LogP contribution in [-0.4, -0.2) is 47.8 Å². The summed E-state index contributed by atoms with van der Waals surface area (Å²) in [5.74, 6) is 0.191. The average Bonchev–Trinajstić information content (AvgIpc) is 2.45. The number of hydrogen-bond donors (Lipinski definition) is 0. The SMILES string of the molecule is CC.CC.CC.CC(=O)N1CCN(C(C)=O)CC1. The van der Waals surface area contributed by atoms with E-state index in [-0.39, 0.29) is 11.8 Å². The third-order valence-corrected chi connectivity index (χ3v) is 2.17. The fraction of sp³-hybridized carbons (Fsp3) is 0.857. The highest BCUT2D eigenvalue weighted by Gasteiger charge is 2.19. The van der Waals surface area contributed by atoms with Gasteiger partial charge in [0.2, 0.25) is 11.8 Å². The maximum absolute atomic E-state index is 10.9. The molecule has 0 aromatic heterocycles. The Kier molecular flexibility index (Phi) is 19.6. The summed E-state index contributed by atoms with van der Waals surface area (Å²) in [6, 6.07) is 0. The van der Waals surface area contributed by atoms with E-state index in [4.69, 9.17) is 0 Å². The first-order valence-electron chi connectivity index (χ1n) is 7.12. The van der Waals surface area contributed by atoms with Crippen LogP contribution in [0, 0.1) is 0 Å². The van der Waals surface area contributed by atoms with Gasteiger partial charge in [-0.1, -0.05) is 41.5 Å². The van der Waals surface area contributed by atoms with Crippen LogP contribution in [0.3, 0.4) is 0 Å². The minimum absolute atomic E-state index is 0.0956. The maximum Gasteiger partial charge on any atom is 0.219 e. The molecule has 0 atom stereocenters. The molecule has 4 heteroatoms. The van der Waals surface area contributed by atoms with Gasteiger partial charge in [0.15, 0.2) is 0 Å². The molecular weight excluding hydrogens is 228 g/mol. The van der Waals surface area contributed by atoms with Crippen molar-refractivity contribution in [3.05, 3.63) is 0 Å². The number of rotatable bonds is 0. The summed E-state index contributed by atoms with van der Waals surface area (Å²) >= 11 is 0. The normalized spacial score (nSPS) is 12.9. The van der Waals surface area contributed by atoms with Gasteiger partial charge in [0, 0.05) is 40.0 Å². The first kappa shape index (κ1) is 22.1. The first-order valence-corrected chi connectivity index (χ1v) is 7.12. The summed E-state index contributed by atoms with van der Waals surface area (Å²) in [6.07, 6.45) is 0. The van der Waals surface area contributed by atoms with Gasteiger partial charge >= 0.3 is 0 Å². The molecule has 0 unspecified atom stereocenters. The van der Waals surface area contributed by atoms with Crippen LogP contribution in [0.15, 0.2) is 0 Å². The van der Waals surface area contributed by atoms with Gasteiger partial charge in [-0.3, -0.25) is 9.59 Å². The first-order chi connectivity index (χ1) is 8.61. The van der Waals surface area contributed by atoms with Crippen LogP contribution < -0.4 is 0 Å². The number of carbonyl (C=O) groups excluding carboxylic acids is 2. The van der Waals surface area contributed by atoms with E-state index < -0.39 is 0 Å². The number of nitrogens with zero attached hydrogens (tertiary/aromatic N) is 2. The molecule has 0 aromatic carbocycles. The van der Waals surface area contributed by atoms with E-state index in [2.05, 4.69) is 0 Å². The quantitative estimate of drug-likeness (QED) is 0.672. The van der Waals surface area contributed by atoms with Crippen LogP contribution in [0.2, 0.25) is 0 Å². The fourth-order valence-electron chi connectivity index (χ4n) is 1.34. The predicted molar refractivity (Wildman–Crippen MR) is 78.6 cm³/mol. The maximum atomic E-state index is 10.9. The minimum atomic E-state index is 0.0956. The second-order valence-electron chi connectivity index (χ2n) is 3.01. The van der Waals surface area contributed by atoms with Gasteiger partial charge in [0.05, 0.1) is 0 Å². The van der Waals surface area contributed by atoms with Gasteiger partial charge < -0.3 is 9.80 Å². The molecule has 4 nitrogen and oxygen atoms in total. The molecule has 0 N–H and O–H groups in total. The smallest absolute Gasteiger partial charge is 0.219 e. The molecule has 0 saturated carbocycles. The second kappa shape index (κ2) is 15.9. The molecule has 0 aromatic rings. The third kappa shape index (κ3) is 10.1. The van der Waals surface area contributed by atoms with Crippen LogP contribution >= 0.6 is 0 Å². The van der Waals surface area contributed by atoms with Gasteiger partial charge in [0.1, 0.15) is 0 Å². The monoisotopic (exact) mass is 260 g/mol. The lowest BCUT2D eigenvalue weighted by Crippen LogP contribution is -2.49. The van der Waals surface area contributed by atoms with Gasteiger partial charge in [0.25, 0.3) is 0 Å². The molecule has 0 bridgehead atoms. The number of carbonyl (C=O) groups is 2. The second-order valence-corrected chi connectivity index (χ2v) is 3.01. The Labute approximate surface area is 113 Å². The van der Waals surface area contributed by atoms with Gasteiger partial charge in [-0.25, -0.2) is 0 Å². The summed E-state index contributed by atoms with van der Waals surface area (Å²) in [7, 11) is 0. The van der Waals surface area contributed by atoms with E-state index in [0.717, 1.165) is 0 Å². The molecule has 1 fully saturated rings. The molecular formula is C14H32N2O2. The topological polar surface area (TPSA) is 40.6 Å². The van der Waals surface area contributed by atoms with Crippen LogP contribution in [0.25, 0.3) is 0 Å². The summed E-state index contributed by atoms with van der Waals surface area (Å²) in [5.41, 5.74) is 0. The molecule has 110 valence electrons. The van der Waals surface area contributed by atoms with Crippen LogP contribution in [0.1, 0.15) is 55.4 Å². The van der Waals surface area contributed by atoms with Crippen LogP contribution in [0.5, 0.6) is 0 Å². The van der Waals surface area contributed by atoms with E-state index in [9.17, 15) is 9.59 Å². The average molecular weight is 260 g/mol. The zero-order chi connectivity index (χ0) is 15.1. The molecule has 0 radical (unpaired) electrons. The predicted octanol–water partition coefficient (Wildman–Crippen LogP) is 2.78. The molecule has 1 saturated heterocycles. The van der Waals surface area contributed by atoms with E-state index >= 15 is 0 Å². The third-order valence-electron chi connectivity index (χ3n) is 2.17. The fourth-order valence-corrected chi connectivity index (χ4v) is 1.34. The number of piperazine rings is 1. The lowest BCUT2D eigenvalue weighted by Gasteiger charge is -2.33. The highest BCUT2D eigenvalue weighted by atomic mass is 16.2. The van der Waals surface area contributed by atoms with Gasteiger partial charge in [-0.2, -0.15) is 0 Å². The molecule has 1 heterocycles. The van der Waals surface area contributed by atoms with E-state index in [1.165, 1.54) is 0 Å². The van der Waals surface area contributed by atoms with Crippen molar-refractivity contribution in [3.63, 3.8) is 0 Å². The Bertz CT molecular complexity index is 176. The Balaban J connectivity index is -0.000000328. The lowest BCUT2D eigenvalue weighted by atomic mass is 10.3. The van der Waals surface area contributed by atoms with Crippen LogP contribution in [-0.2, 0) is 9.59 Å². The van der Waals surface area contributed by atoms with Gasteiger partial charge in [-0.15, -0.1) is 0 Å². The standard InChI is InChI=1S/C8H14N2O2.3C2H6/c1-7(11)9-3-5-10(6-4-9)8(2)12;3*1-2/h3-6H2,1-2H3;3*1-2H3. The van der Waals surface area contributed by atoms with Crippen molar-refractivity contribution in [3.8, 4) is 0 Å². The molecule has 0 spiro atoms. The number of amides is 2. The lowest BCUT2D eigenvalue weighted by molar-refractivity contribution is -0.137. The van der Waals surface area contributed by atoms with Crippen molar-refractivity contribution >= 4 is 11.8 Å². The van der Waals surface area contributed by atoms with Gasteiger partial charge in [-0.05, 0) is 0 Å². The summed E-state index contributed by atoms with van der Waals surface area (Å²) in [5, 5.41) is 0. The van der Waals surface area contributed by atoms with Crippen molar-refractivity contribution in [2.45, 2.75) is 55.4 Å². The van der Waals surface area contributed by atoms with Crippen molar-refractivity contribution in [1.29, 1.82) is 0 Å². The minimum Gasteiger partial charge on any atom is -0.339 e. The van der Waals surface area contributed by atoms with Crippen molar-refractivity contribution in [1.82, 2.24) is 9.80 Å². The Morgan fingerprint density at radius 1 is 0.611 bits per heavy atom. The summed E-state index contributed by atoms with van der Waals surface area (Å²) < 4.78 is 0. The van der Waals surface area contributed by atoms with E-state index in [1.54, 1.807) is 23.6 Å². The van der Waals surface area contributed by atoms with E-state index in [0.29, 0.717) is 26.2 Å². The summed E-state index contributed by atoms with van der Waals surface area (Å²) in [4.78, 5) is 25.3. The zero-order valence-corrected chi connectivity index (χ0v) is 13.5. The highest BCUT2D eigenvalue weighted by molar-refractivity contribution is 5.75.